The molecule has 29 heavy (non-hydrogen) atoms. The van der Waals surface area contributed by atoms with E-state index in [0.717, 1.165) is 12.1 Å². The quantitative estimate of drug-likeness (QED) is 0.746. The third-order valence-corrected chi connectivity index (χ3v) is 7.46. The van der Waals surface area contributed by atoms with Crippen LogP contribution in [0.4, 0.5) is 5.69 Å². The highest BCUT2D eigenvalue weighted by Crippen LogP contribution is 2.32. The molecule has 0 spiro atoms. The maximum absolute atomic E-state index is 13.0. The van der Waals surface area contributed by atoms with Gasteiger partial charge in [-0.2, -0.15) is 4.31 Å². The SMILES string of the molecule is CC[C@H]1CN(S(=O)(=O)c2ccc(OC)cc2)CC[C@H]1CC(=O)Nc1ccccc1. The Bertz CT molecular complexity index is 914. The van der Waals surface area contributed by atoms with E-state index in [2.05, 4.69) is 12.2 Å². The number of rotatable bonds is 7. The van der Waals surface area contributed by atoms with Gasteiger partial charge in [-0.15, -0.1) is 0 Å². The van der Waals surface area contributed by atoms with Gasteiger partial charge >= 0.3 is 0 Å². The number of carbonyl (C=O) groups is 1. The van der Waals surface area contributed by atoms with Gasteiger partial charge in [0, 0.05) is 25.2 Å². The van der Waals surface area contributed by atoms with E-state index in [9.17, 15) is 13.2 Å². The summed E-state index contributed by atoms with van der Waals surface area (Å²) in [4.78, 5) is 12.7. The summed E-state index contributed by atoms with van der Waals surface area (Å²) >= 11 is 0. The molecular weight excluding hydrogens is 388 g/mol. The Hall–Kier alpha value is -2.38. The molecule has 2 aromatic carbocycles. The highest BCUT2D eigenvalue weighted by atomic mass is 32.2. The lowest BCUT2D eigenvalue weighted by molar-refractivity contribution is -0.117. The van der Waals surface area contributed by atoms with Crippen molar-refractivity contribution in [3.05, 3.63) is 54.6 Å². The molecule has 6 nitrogen and oxygen atoms in total. The van der Waals surface area contributed by atoms with Gasteiger partial charge in [0.15, 0.2) is 0 Å². The van der Waals surface area contributed by atoms with Crippen molar-refractivity contribution in [2.24, 2.45) is 11.8 Å². The molecular formula is C22H28N2O4S. The van der Waals surface area contributed by atoms with Crippen LogP contribution < -0.4 is 10.1 Å². The second-order valence-electron chi connectivity index (χ2n) is 7.37. The van der Waals surface area contributed by atoms with Crippen molar-refractivity contribution in [1.82, 2.24) is 4.31 Å². The Morgan fingerprint density at radius 1 is 1.10 bits per heavy atom. The standard InChI is InChI=1S/C22H28N2O4S/c1-3-17-16-24(29(26,27)21-11-9-20(28-2)10-12-21)14-13-18(17)15-22(25)23-19-7-5-4-6-8-19/h4-12,17-18H,3,13-16H2,1-2H3,(H,23,25)/t17-,18-/m0/s1. The number of para-hydroxylation sites is 1. The van der Waals surface area contributed by atoms with Crippen molar-refractivity contribution in [3.8, 4) is 5.75 Å². The molecule has 0 saturated carbocycles. The van der Waals surface area contributed by atoms with Crippen LogP contribution in [0.15, 0.2) is 59.5 Å². The molecule has 1 aliphatic heterocycles. The van der Waals surface area contributed by atoms with Crippen LogP contribution in [0.5, 0.6) is 5.75 Å². The number of methoxy groups -OCH3 is 1. The Balaban J connectivity index is 1.64. The summed E-state index contributed by atoms with van der Waals surface area (Å²) in [5.41, 5.74) is 0.782. The van der Waals surface area contributed by atoms with Gasteiger partial charge in [0.1, 0.15) is 5.75 Å². The lowest BCUT2D eigenvalue weighted by Crippen LogP contribution is -2.44. The maximum Gasteiger partial charge on any atom is 0.243 e. The molecule has 7 heteroatoms. The van der Waals surface area contributed by atoms with E-state index >= 15 is 0 Å². The molecule has 3 rings (SSSR count). The van der Waals surface area contributed by atoms with Crippen molar-refractivity contribution in [2.75, 3.05) is 25.5 Å². The summed E-state index contributed by atoms with van der Waals surface area (Å²) in [6, 6.07) is 15.9. The number of sulfonamides is 1. The number of carbonyl (C=O) groups excluding carboxylic acids is 1. The molecule has 0 unspecified atom stereocenters. The zero-order chi connectivity index (χ0) is 20.9. The minimum Gasteiger partial charge on any atom is -0.497 e. The summed E-state index contributed by atoms with van der Waals surface area (Å²) in [5.74, 6) is 0.925. The van der Waals surface area contributed by atoms with Gasteiger partial charge in [0.05, 0.1) is 12.0 Å². The summed E-state index contributed by atoms with van der Waals surface area (Å²) in [6.45, 7) is 2.92. The van der Waals surface area contributed by atoms with Crippen molar-refractivity contribution in [1.29, 1.82) is 0 Å². The molecule has 156 valence electrons. The van der Waals surface area contributed by atoms with Gasteiger partial charge in [-0.3, -0.25) is 4.79 Å². The van der Waals surface area contributed by atoms with E-state index in [1.807, 2.05) is 30.3 Å². The highest BCUT2D eigenvalue weighted by molar-refractivity contribution is 7.89. The first-order valence-electron chi connectivity index (χ1n) is 9.93. The third kappa shape index (κ3) is 5.16. The molecule has 0 aliphatic carbocycles. The van der Waals surface area contributed by atoms with Crippen LogP contribution in [0.2, 0.25) is 0 Å². The Kier molecular flexibility index (Phi) is 6.92. The zero-order valence-electron chi connectivity index (χ0n) is 16.9. The van der Waals surface area contributed by atoms with Gasteiger partial charge in [0.25, 0.3) is 0 Å². The third-order valence-electron chi connectivity index (χ3n) is 5.58. The fourth-order valence-corrected chi connectivity index (χ4v) is 5.38. The fourth-order valence-electron chi connectivity index (χ4n) is 3.87. The maximum atomic E-state index is 13.0. The first kappa shape index (κ1) is 21.3. The van der Waals surface area contributed by atoms with Gasteiger partial charge in [-0.05, 0) is 54.7 Å². The molecule has 2 aromatic rings. The van der Waals surface area contributed by atoms with Gasteiger partial charge < -0.3 is 10.1 Å². The fraction of sp³-hybridized carbons (Fsp3) is 0.409. The Labute approximate surface area is 172 Å². The van der Waals surface area contributed by atoms with E-state index in [0.29, 0.717) is 31.7 Å². The van der Waals surface area contributed by atoms with E-state index in [-0.39, 0.29) is 22.6 Å². The monoisotopic (exact) mass is 416 g/mol. The molecule has 0 aromatic heterocycles. The molecule has 2 atom stereocenters. The van der Waals surface area contributed by atoms with Crippen LogP contribution >= 0.6 is 0 Å². The number of nitrogens with zero attached hydrogens (tertiary/aromatic N) is 1. The molecule has 1 saturated heterocycles. The van der Waals surface area contributed by atoms with Crippen molar-refractivity contribution in [2.45, 2.75) is 31.1 Å². The van der Waals surface area contributed by atoms with Gasteiger partial charge in [-0.1, -0.05) is 31.5 Å². The summed E-state index contributed by atoms with van der Waals surface area (Å²) in [6.07, 6.45) is 1.91. The van der Waals surface area contributed by atoms with Crippen LogP contribution in [0.1, 0.15) is 26.2 Å². The van der Waals surface area contributed by atoms with Crippen LogP contribution in [-0.4, -0.2) is 38.8 Å². The second-order valence-corrected chi connectivity index (χ2v) is 9.31. The number of ether oxygens (including phenoxy) is 1. The van der Waals surface area contributed by atoms with Crippen LogP contribution in [0.3, 0.4) is 0 Å². The number of amides is 1. The number of piperidine rings is 1. The molecule has 0 radical (unpaired) electrons. The number of hydrogen-bond acceptors (Lipinski definition) is 4. The minimum absolute atomic E-state index is 0.0221. The first-order chi connectivity index (χ1) is 13.9. The Morgan fingerprint density at radius 2 is 1.79 bits per heavy atom. The Morgan fingerprint density at radius 3 is 2.41 bits per heavy atom. The van der Waals surface area contributed by atoms with E-state index in [1.165, 1.54) is 0 Å². The van der Waals surface area contributed by atoms with Crippen LogP contribution in [0.25, 0.3) is 0 Å². The van der Waals surface area contributed by atoms with Gasteiger partial charge in [-0.25, -0.2) is 8.42 Å². The number of hydrogen-bond donors (Lipinski definition) is 1. The van der Waals surface area contributed by atoms with Gasteiger partial charge in [0.2, 0.25) is 15.9 Å². The molecule has 1 N–H and O–H groups in total. The van der Waals surface area contributed by atoms with Crippen LogP contribution in [0, 0.1) is 11.8 Å². The molecule has 1 aliphatic rings. The molecule has 0 bridgehead atoms. The van der Waals surface area contributed by atoms with Crippen molar-refractivity contribution < 1.29 is 17.9 Å². The average Bonchev–Trinajstić information content (AvgIpc) is 2.74. The second kappa shape index (κ2) is 9.41. The highest BCUT2D eigenvalue weighted by Gasteiger charge is 2.35. The minimum atomic E-state index is -3.55. The van der Waals surface area contributed by atoms with Crippen LogP contribution in [-0.2, 0) is 14.8 Å². The normalized spacial score (nSPS) is 20.2. The lowest BCUT2D eigenvalue weighted by atomic mass is 9.82. The summed E-state index contributed by atoms with van der Waals surface area (Å²) < 4.78 is 32.7. The van der Waals surface area contributed by atoms with E-state index < -0.39 is 10.0 Å². The van der Waals surface area contributed by atoms with Crippen molar-refractivity contribution in [3.63, 3.8) is 0 Å². The van der Waals surface area contributed by atoms with E-state index in [4.69, 9.17) is 4.74 Å². The topological polar surface area (TPSA) is 75.7 Å². The zero-order valence-corrected chi connectivity index (χ0v) is 17.7. The summed E-state index contributed by atoms with van der Waals surface area (Å²) in [5, 5.41) is 2.93. The number of benzene rings is 2. The first-order valence-corrected chi connectivity index (χ1v) is 11.4. The lowest BCUT2D eigenvalue weighted by Gasteiger charge is -2.37. The average molecular weight is 417 g/mol. The molecule has 1 heterocycles. The number of nitrogens with one attached hydrogen (secondary N) is 1. The van der Waals surface area contributed by atoms with E-state index in [1.54, 1.807) is 35.7 Å². The largest absolute Gasteiger partial charge is 0.497 e. The summed E-state index contributed by atoms with van der Waals surface area (Å²) in [7, 11) is -2.00. The smallest absolute Gasteiger partial charge is 0.243 e. The number of anilines is 1. The predicted molar refractivity (Wildman–Crippen MR) is 113 cm³/mol. The van der Waals surface area contributed by atoms with Crippen molar-refractivity contribution >= 4 is 21.6 Å². The molecule has 1 amide bonds. The molecule has 1 fully saturated rings. The predicted octanol–water partition coefficient (Wildman–Crippen LogP) is 3.76.